The van der Waals surface area contributed by atoms with Crippen molar-refractivity contribution < 1.29 is 0 Å². The predicted octanol–water partition coefficient (Wildman–Crippen LogP) is 5.35. The first-order valence-electron chi connectivity index (χ1n) is 8.80. The van der Waals surface area contributed by atoms with E-state index in [0.717, 1.165) is 41.4 Å². The van der Waals surface area contributed by atoms with E-state index >= 15 is 0 Å². The molecular weight excluding hydrogens is 440 g/mol. The Morgan fingerprint density at radius 1 is 1.00 bits per heavy atom. The summed E-state index contributed by atoms with van der Waals surface area (Å²) in [6.45, 7) is 2.67. The average molecular weight is 464 g/mol. The summed E-state index contributed by atoms with van der Waals surface area (Å²) < 4.78 is 2.25. The van der Waals surface area contributed by atoms with Gasteiger partial charge >= 0.3 is 0 Å². The van der Waals surface area contributed by atoms with Gasteiger partial charge in [-0.25, -0.2) is 0 Å². The van der Waals surface area contributed by atoms with Crippen molar-refractivity contribution in [2.45, 2.75) is 24.7 Å². The highest BCUT2D eigenvalue weighted by Crippen LogP contribution is 2.39. The van der Waals surface area contributed by atoms with Crippen molar-refractivity contribution in [2.24, 2.45) is 5.73 Å². The summed E-state index contributed by atoms with van der Waals surface area (Å²) >= 11 is 7.09. The second-order valence-electron chi connectivity index (χ2n) is 6.50. The van der Waals surface area contributed by atoms with E-state index in [1.807, 2.05) is 0 Å². The topological polar surface area (TPSA) is 38.0 Å². The second-order valence-corrected chi connectivity index (χ2v) is 8.33. The SMILES string of the molecule is NCCC[C@@H](C1=CCNC[C@@H]1c1ccc(Br)cc1)c1ccc(Br)cc1. The molecule has 0 radical (unpaired) electrons. The van der Waals surface area contributed by atoms with E-state index in [2.05, 4.69) is 91.8 Å². The van der Waals surface area contributed by atoms with E-state index in [1.54, 1.807) is 0 Å². The summed E-state index contributed by atoms with van der Waals surface area (Å²) in [6, 6.07) is 17.5. The van der Waals surface area contributed by atoms with Crippen LogP contribution in [-0.4, -0.2) is 19.6 Å². The predicted molar refractivity (Wildman–Crippen MR) is 113 cm³/mol. The van der Waals surface area contributed by atoms with Crippen LogP contribution in [0.25, 0.3) is 0 Å². The van der Waals surface area contributed by atoms with Gasteiger partial charge in [-0.15, -0.1) is 0 Å². The van der Waals surface area contributed by atoms with Crippen LogP contribution in [-0.2, 0) is 0 Å². The molecule has 0 aliphatic carbocycles. The minimum atomic E-state index is 0.410. The summed E-state index contributed by atoms with van der Waals surface area (Å²) in [4.78, 5) is 0. The normalized spacial score (nSPS) is 18.7. The summed E-state index contributed by atoms with van der Waals surface area (Å²) in [5.41, 5.74) is 10.1. The molecule has 0 spiro atoms. The summed E-state index contributed by atoms with van der Waals surface area (Å²) in [5.74, 6) is 0.834. The van der Waals surface area contributed by atoms with Crippen LogP contribution in [0.4, 0.5) is 0 Å². The van der Waals surface area contributed by atoms with Crippen LogP contribution in [0.1, 0.15) is 35.8 Å². The number of hydrogen-bond acceptors (Lipinski definition) is 2. The van der Waals surface area contributed by atoms with Gasteiger partial charge in [0.1, 0.15) is 0 Å². The number of nitrogens with one attached hydrogen (secondary N) is 1. The highest BCUT2D eigenvalue weighted by Gasteiger charge is 2.27. The van der Waals surface area contributed by atoms with Gasteiger partial charge in [-0.1, -0.05) is 67.8 Å². The number of halogens is 2. The lowest BCUT2D eigenvalue weighted by atomic mass is 9.76. The smallest absolute Gasteiger partial charge is 0.0180 e. The van der Waals surface area contributed by atoms with Crippen LogP contribution >= 0.6 is 31.9 Å². The number of benzene rings is 2. The van der Waals surface area contributed by atoms with Crippen molar-refractivity contribution in [2.75, 3.05) is 19.6 Å². The summed E-state index contributed by atoms with van der Waals surface area (Å²) in [7, 11) is 0. The molecule has 0 fully saturated rings. The molecule has 2 atom stereocenters. The largest absolute Gasteiger partial charge is 0.330 e. The molecule has 0 saturated carbocycles. The Balaban J connectivity index is 1.94. The maximum Gasteiger partial charge on any atom is 0.0180 e. The third-order valence-corrected chi connectivity index (χ3v) is 5.93. The Labute approximate surface area is 167 Å². The fourth-order valence-electron chi connectivity index (χ4n) is 3.61. The van der Waals surface area contributed by atoms with Crippen molar-refractivity contribution >= 4 is 31.9 Å². The van der Waals surface area contributed by atoms with E-state index in [1.165, 1.54) is 16.7 Å². The van der Waals surface area contributed by atoms with Gasteiger partial charge in [0.05, 0.1) is 0 Å². The molecule has 0 bridgehead atoms. The Morgan fingerprint density at radius 2 is 1.64 bits per heavy atom. The molecule has 0 unspecified atom stereocenters. The third-order valence-electron chi connectivity index (χ3n) is 4.88. The van der Waals surface area contributed by atoms with Gasteiger partial charge in [-0.2, -0.15) is 0 Å². The molecule has 2 aromatic rings. The minimum Gasteiger partial charge on any atom is -0.330 e. The van der Waals surface area contributed by atoms with Crippen molar-refractivity contribution in [1.82, 2.24) is 5.32 Å². The zero-order chi connectivity index (χ0) is 17.6. The quantitative estimate of drug-likeness (QED) is 0.566. The van der Waals surface area contributed by atoms with Gasteiger partial charge in [0, 0.05) is 33.9 Å². The van der Waals surface area contributed by atoms with Crippen molar-refractivity contribution in [3.63, 3.8) is 0 Å². The van der Waals surface area contributed by atoms with Crippen LogP contribution in [0.15, 0.2) is 69.1 Å². The number of rotatable bonds is 6. The number of hydrogen-bond donors (Lipinski definition) is 2. The van der Waals surface area contributed by atoms with Crippen LogP contribution in [0, 0.1) is 0 Å². The molecule has 3 N–H and O–H groups in total. The molecule has 1 aliphatic heterocycles. The second kappa shape index (κ2) is 9.13. The molecule has 4 heteroatoms. The first-order chi connectivity index (χ1) is 12.2. The Bertz CT molecular complexity index is 708. The van der Waals surface area contributed by atoms with E-state index in [4.69, 9.17) is 5.73 Å². The molecule has 1 aliphatic rings. The van der Waals surface area contributed by atoms with Crippen LogP contribution in [0.5, 0.6) is 0 Å². The average Bonchev–Trinajstić information content (AvgIpc) is 2.64. The monoisotopic (exact) mass is 462 g/mol. The van der Waals surface area contributed by atoms with Gasteiger partial charge < -0.3 is 11.1 Å². The lowest BCUT2D eigenvalue weighted by Gasteiger charge is -2.32. The van der Waals surface area contributed by atoms with E-state index < -0.39 is 0 Å². The van der Waals surface area contributed by atoms with E-state index in [-0.39, 0.29) is 0 Å². The summed E-state index contributed by atoms with van der Waals surface area (Å²) in [5, 5.41) is 3.53. The Morgan fingerprint density at radius 3 is 2.28 bits per heavy atom. The maximum atomic E-state index is 5.83. The molecule has 1 heterocycles. The zero-order valence-corrected chi connectivity index (χ0v) is 17.4. The van der Waals surface area contributed by atoms with Gasteiger partial charge in [0.25, 0.3) is 0 Å². The molecule has 0 aromatic heterocycles. The van der Waals surface area contributed by atoms with Crippen molar-refractivity contribution in [3.8, 4) is 0 Å². The van der Waals surface area contributed by atoms with Crippen molar-refractivity contribution in [1.29, 1.82) is 0 Å². The molecule has 2 aromatic carbocycles. The van der Waals surface area contributed by atoms with Gasteiger partial charge in [-0.3, -0.25) is 0 Å². The van der Waals surface area contributed by atoms with Crippen LogP contribution in [0.2, 0.25) is 0 Å². The van der Waals surface area contributed by atoms with Gasteiger partial charge in [-0.05, 0) is 54.8 Å². The van der Waals surface area contributed by atoms with Crippen LogP contribution in [0.3, 0.4) is 0 Å². The minimum absolute atomic E-state index is 0.410. The zero-order valence-electron chi connectivity index (χ0n) is 14.2. The Kier molecular flexibility index (Phi) is 6.88. The molecule has 25 heavy (non-hydrogen) atoms. The first kappa shape index (κ1) is 18.8. The maximum absolute atomic E-state index is 5.83. The Hall–Kier alpha value is -0.940. The first-order valence-corrected chi connectivity index (χ1v) is 10.4. The fraction of sp³-hybridized carbons (Fsp3) is 0.333. The van der Waals surface area contributed by atoms with Crippen LogP contribution < -0.4 is 11.1 Å². The molecule has 2 nitrogen and oxygen atoms in total. The molecule has 0 saturated heterocycles. The van der Waals surface area contributed by atoms with E-state index in [0.29, 0.717) is 11.8 Å². The fourth-order valence-corrected chi connectivity index (χ4v) is 4.14. The third kappa shape index (κ3) is 4.82. The molecule has 0 amide bonds. The molecule has 132 valence electrons. The lowest BCUT2D eigenvalue weighted by Crippen LogP contribution is -2.30. The lowest BCUT2D eigenvalue weighted by molar-refractivity contribution is 0.556. The summed E-state index contributed by atoms with van der Waals surface area (Å²) in [6.07, 6.45) is 4.52. The standard InChI is InChI=1S/C21H24Br2N2/c22-17-7-3-15(4-8-17)19(2-1-12-24)20-11-13-25-14-21(20)16-5-9-18(23)10-6-16/h3-11,19,21,25H,1-2,12-14,24H2/t19-,21-/m1/s1. The van der Waals surface area contributed by atoms with E-state index in [9.17, 15) is 0 Å². The highest BCUT2D eigenvalue weighted by atomic mass is 79.9. The number of nitrogens with two attached hydrogens (primary N) is 1. The molecular formula is C21H24Br2N2. The highest BCUT2D eigenvalue weighted by molar-refractivity contribution is 9.10. The molecule has 3 rings (SSSR count). The van der Waals surface area contributed by atoms with Gasteiger partial charge in [0.15, 0.2) is 0 Å². The van der Waals surface area contributed by atoms with Gasteiger partial charge in [0.2, 0.25) is 0 Å². The van der Waals surface area contributed by atoms with Crippen molar-refractivity contribution in [3.05, 3.63) is 80.3 Å².